The van der Waals surface area contributed by atoms with Gasteiger partial charge in [0.1, 0.15) is 5.82 Å². The summed E-state index contributed by atoms with van der Waals surface area (Å²) in [6, 6.07) is 4.63. The van der Waals surface area contributed by atoms with Gasteiger partial charge >= 0.3 is 0 Å². The predicted molar refractivity (Wildman–Crippen MR) is 82.8 cm³/mol. The second-order valence-corrected chi connectivity index (χ2v) is 4.88. The van der Waals surface area contributed by atoms with Crippen LogP contribution in [0.2, 0.25) is 5.28 Å². The first-order valence-electron chi connectivity index (χ1n) is 6.72. The summed E-state index contributed by atoms with van der Waals surface area (Å²) in [7, 11) is 0. The number of benzene rings is 1. The molecule has 0 atom stereocenters. The molecule has 0 aliphatic carbocycles. The van der Waals surface area contributed by atoms with Crippen molar-refractivity contribution in [2.45, 2.75) is 20.8 Å². The Bertz CT molecular complexity index is 611. The number of anilines is 3. The molecule has 7 heteroatoms. The Hall–Kier alpha value is -1.95. The van der Waals surface area contributed by atoms with Gasteiger partial charge in [-0.3, -0.25) is 0 Å². The van der Waals surface area contributed by atoms with Crippen LogP contribution in [0.4, 0.5) is 22.0 Å². The third-order valence-corrected chi connectivity index (χ3v) is 3.11. The number of nitrogens with one attached hydrogen (secondary N) is 1. The fourth-order valence-corrected chi connectivity index (χ4v) is 2.14. The Balaban J connectivity index is 2.31. The van der Waals surface area contributed by atoms with Gasteiger partial charge in [-0.05, 0) is 56.1 Å². The highest BCUT2D eigenvalue weighted by Gasteiger charge is 2.10. The molecular weight excluding hydrogens is 293 g/mol. The highest BCUT2D eigenvalue weighted by molar-refractivity contribution is 6.28. The zero-order valence-electron chi connectivity index (χ0n) is 12.2. The van der Waals surface area contributed by atoms with Gasteiger partial charge in [0.05, 0.1) is 0 Å². The maximum Gasteiger partial charge on any atom is 0.233 e. The second-order valence-electron chi connectivity index (χ2n) is 4.54. The van der Waals surface area contributed by atoms with Crippen molar-refractivity contribution in [1.29, 1.82) is 0 Å². The number of halogens is 2. The lowest BCUT2D eigenvalue weighted by molar-refractivity contribution is 0.627. The number of aryl methyl sites for hydroxylation is 1. The van der Waals surface area contributed by atoms with E-state index < -0.39 is 0 Å². The van der Waals surface area contributed by atoms with Gasteiger partial charge in [0.25, 0.3) is 0 Å². The molecule has 2 rings (SSSR count). The number of rotatable bonds is 5. The number of nitrogens with zero attached hydrogens (tertiary/aromatic N) is 4. The van der Waals surface area contributed by atoms with E-state index in [9.17, 15) is 4.39 Å². The van der Waals surface area contributed by atoms with Crippen LogP contribution >= 0.6 is 11.6 Å². The highest BCUT2D eigenvalue weighted by Crippen LogP contribution is 2.19. The predicted octanol–water partition coefficient (Wildman–Crippen LogP) is 3.56. The minimum absolute atomic E-state index is 0.0996. The summed E-state index contributed by atoms with van der Waals surface area (Å²) in [5.41, 5.74) is 1.38. The van der Waals surface area contributed by atoms with Crippen LogP contribution in [0, 0.1) is 12.7 Å². The number of hydrogen-bond donors (Lipinski definition) is 1. The first kappa shape index (κ1) is 15.4. The lowest BCUT2D eigenvalue weighted by atomic mass is 10.2. The first-order valence-corrected chi connectivity index (χ1v) is 7.10. The SMILES string of the molecule is CCN(CC)c1nc(Cl)nc(Nc2cc(C)cc(F)c2)n1. The van der Waals surface area contributed by atoms with E-state index in [0.717, 1.165) is 18.7 Å². The molecule has 0 spiro atoms. The van der Waals surface area contributed by atoms with Gasteiger partial charge in [-0.15, -0.1) is 0 Å². The van der Waals surface area contributed by atoms with E-state index in [1.54, 1.807) is 6.07 Å². The molecule has 5 nitrogen and oxygen atoms in total. The molecule has 0 radical (unpaired) electrons. The van der Waals surface area contributed by atoms with Crippen molar-refractivity contribution in [3.05, 3.63) is 34.9 Å². The van der Waals surface area contributed by atoms with Gasteiger partial charge in [-0.2, -0.15) is 15.0 Å². The van der Waals surface area contributed by atoms with E-state index >= 15 is 0 Å². The molecule has 21 heavy (non-hydrogen) atoms. The van der Waals surface area contributed by atoms with Crippen LogP contribution in [0.25, 0.3) is 0 Å². The number of hydrogen-bond acceptors (Lipinski definition) is 5. The summed E-state index contributed by atoms with van der Waals surface area (Å²) in [6.45, 7) is 7.34. The molecule has 1 aromatic heterocycles. The number of aromatic nitrogens is 3. The van der Waals surface area contributed by atoms with Crippen molar-refractivity contribution in [1.82, 2.24) is 15.0 Å². The zero-order valence-corrected chi connectivity index (χ0v) is 12.9. The largest absolute Gasteiger partial charge is 0.341 e. The second kappa shape index (κ2) is 6.67. The van der Waals surface area contributed by atoms with Crippen molar-refractivity contribution in [3.8, 4) is 0 Å². The van der Waals surface area contributed by atoms with Crippen molar-refractivity contribution < 1.29 is 4.39 Å². The summed E-state index contributed by atoms with van der Waals surface area (Å²) < 4.78 is 13.4. The van der Waals surface area contributed by atoms with Crippen LogP contribution in [0.1, 0.15) is 19.4 Å². The molecule has 0 aliphatic rings. The van der Waals surface area contributed by atoms with Crippen LogP contribution in [0.5, 0.6) is 0 Å². The van der Waals surface area contributed by atoms with E-state index in [-0.39, 0.29) is 11.1 Å². The smallest absolute Gasteiger partial charge is 0.233 e. The van der Waals surface area contributed by atoms with Gasteiger partial charge in [0.2, 0.25) is 17.2 Å². The fourth-order valence-electron chi connectivity index (χ4n) is 1.98. The molecule has 112 valence electrons. The van der Waals surface area contributed by atoms with Crippen molar-refractivity contribution >= 4 is 29.2 Å². The minimum Gasteiger partial charge on any atom is -0.341 e. The van der Waals surface area contributed by atoms with Crippen LogP contribution in [-0.2, 0) is 0 Å². The van der Waals surface area contributed by atoms with E-state index in [4.69, 9.17) is 11.6 Å². The van der Waals surface area contributed by atoms with Crippen molar-refractivity contribution in [3.63, 3.8) is 0 Å². The molecule has 0 bridgehead atoms. The van der Waals surface area contributed by atoms with Crippen molar-refractivity contribution in [2.24, 2.45) is 0 Å². The van der Waals surface area contributed by atoms with Crippen LogP contribution in [0.15, 0.2) is 18.2 Å². The topological polar surface area (TPSA) is 53.9 Å². The maximum atomic E-state index is 13.4. The highest BCUT2D eigenvalue weighted by atomic mass is 35.5. The Morgan fingerprint density at radius 3 is 2.48 bits per heavy atom. The lowest BCUT2D eigenvalue weighted by Gasteiger charge is -2.18. The molecule has 1 N–H and O–H groups in total. The molecule has 1 aromatic carbocycles. The molecule has 1 heterocycles. The molecule has 0 unspecified atom stereocenters. The molecule has 0 saturated carbocycles. The summed E-state index contributed by atoms with van der Waals surface area (Å²) in [5.74, 6) is 0.471. The van der Waals surface area contributed by atoms with E-state index in [2.05, 4.69) is 20.3 Å². The standard InChI is InChI=1S/C14H17ClFN5/c1-4-21(5-2)14-19-12(15)18-13(20-14)17-11-7-9(3)6-10(16)8-11/h6-8H,4-5H2,1-3H3,(H,17,18,19,20). The zero-order chi connectivity index (χ0) is 15.4. The van der Waals surface area contributed by atoms with Gasteiger partial charge < -0.3 is 10.2 Å². The Labute approximate surface area is 128 Å². The normalized spacial score (nSPS) is 10.5. The van der Waals surface area contributed by atoms with Crippen LogP contribution < -0.4 is 10.2 Å². The van der Waals surface area contributed by atoms with Crippen LogP contribution in [0.3, 0.4) is 0 Å². The molecule has 2 aromatic rings. The van der Waals surface area contributed by atoms with E-state index in [0.29, 0.717) is 17.6 Å². The fraction of sp³-hybridized carbons (Fsp3) is 0.357. The summed E-state index contributed by atoms with van der Waals surface area (Å²) in [5, 5.41) is 3.06. The Morgan fingerprint density at radius 1 is 1.14 bits per heavy atom. The third-order valence-electron chi connectivity index (χ3n) is 2.94. The molecule has 0 amide bonds. The molecule has 0 fully saturated rings. The van der Waals surface area contributed by atoms with Crippen LogP contribution in [-0.4, -0.2) is 28.0 Å². The molecule has 0 aliphatic heterocycles. The lowest BCUT2D eigenvalue weighted by Crippen LogP contribution is -2.24. The average Bonchev–Trinajstić information content (AvgIpc) is 2.38. The monoisotopic (exact) mass is 309 g/mol. The van der Waals surface area contributed by atoms with Gasteiger partial charge in [0, 0.05) is 18.8 Å². The van der Waals surface area contributed by atoms with E-state index in [1.807, 2.05) is 25.7 Å². The maximum absolute atomic E-state index is 13.4. The summed E-state index contributed by atoms with van der Waals surface area (Å²) >= 11 is 5.93. The summed E-state index contributed by atoms with van der Waals surface area (Å²) in [4.78, 5) is 14.4. The van der Waals surface area contributed by atoms with Crippen molar-refractivity contribution in [2.75, 3.05) is 23.3 Å². The van der Waals surface area contributed by atoms with Gasteiger partial charge in [-0.25, -0.2) is 4.39 Å². The quantitative estimate of drug-likeness (QED) is 0.915. The molecular formula is C14H17ClFN5. The molecule has 0 saturated heterocycles. The average molecular weight is 310 g/mol. The third kappa shape index (κ3) is 4.01. The minimum atomic E-state index is -0.318. The van der Waals surface area contributed by atoms with Gasteiger partial charge in [-0.1, -0.05) is 0 Å². The summed E-state index contributed by atoms with van der Waals surface area (Å²) in [6.07, 6.45) is 0. The van der Waals surface area contributed by atoms with Gasteiger partial charge in [0.15, 0.2) is 0 Å². The van der Waals surface area contributed by atoms with E-state index in [1.165, 1.54) is 12.1 Å². The Kier molecular flexibility index (Phi) is 4.90. The first-order chi connectivity index (χ1) is 10.0. The Morgan fingerprint density at radius 2 is 1.86 bits per heavy atom.